The van der Waals surface area contributed by atoms with Crippen molar-refractivity contribution >= 4 is 16.8 Å². The summed E-state index contributed by atoms with van der Waals surface area (Å²) in [5.74, 6) is 0.257. The van der Waals surface area contributed by atoms with Crippen LogP contribution >= 0.6 is 0 Å². The van der Waals surface area contributed by atoms with Gasteiger partial charge in [0.2, 0.25) is 0 Å². The molecular formula is C18H20N2O3. The third-order valence-electron chi connectivity index (χ3n) is 5.17. The lowest BCUT2D eigenvalue weighted by molar-refractivity contribution is 0.0305. The Hall–Kier alpha value is -2.14. The fourth-order valence-corrected chi connectivity index (χ4v) is 3.89. The first kappa shape index (κ1) is 14.5. The third kappa shape index (κ3) is 2.36. The summed E-state index contributed by atoms with van der Waals surface area (Å²) in [5, 5.41) is 0.925. The summed E-state index contributed by atoms with van der Waals surface area (Å²) < 4.78 is 5.69. The molecule has 2 saturated heterocycles. The Balaban J connectivity index is 1.71. The molecule has 5 nitrogen and oxygen atoms in total. The Bertz CT molecular complexity index is 827. The lowest BCUT2D eigenvalue weighted by Gasteiger charge is -2.34. The van der Waals surface area contributed by atoms with Gasteiger partial charge in [0.25, 0.3) is 11.5 Å². The molecular weight excluding hydrogens is 292 g/mol. The van der Waals surface area contributed by atoms with Gasteiger partial charge in [-0.1, -0.05) is 18.2 Å². The van der Waals surface area contributed by atoms with E-state index in [1.165, 1.54) is 0 Å². The summed E-state index contributed by atoms with van der Waals surface area (Å²) in [6, 6.07) is 7.60. The van der Waals surface area contributed by atoms with Gasteiger partial charge in [0.05, 0.1) is 6.10 Å². The summed E-state index contributed by atoms with van der Waals surface area (Å²) in [5.41, 5.74) is 1.52. The van der Waals surface area contributed by atoms with E-state index in [1.54, 1.807) is 0 Å². The number of benzene rings is 1. The van der Waals surface area contributed by atoms with Crippen LogP contribution < -0.4 is 5.56 Å². The molecule has 0 saturated carbocycles. The smallest absolute Gasteiger partial charge is 0.261 e. The molecule has 1 aromatic heterocycles. The molecule has 4 rings (SSSR count). The minimum atomic E-state index is -0.295. The average Bonchev–Trinajstić information content (AvgIpc) is 3.02. The van der Waals surface area contributed by atoms with Crippen molar-refractivity contribution in [1.82, 2.24) is 9.88 Å². The Morgan fingerprint density at radius 1 is 1.30 bits per heavy atom. The maximum absolute atomic E-state index is 12.9. The second kappa shape index (κ2) is 5.49. The molecule has 1 N–H and O–H groups in total. The number of piperidine rings is 1. The van der Waals surface area contributed by atoms with E-state index in [0.29, 0.717) is 19.0 Å². The van der Waals surface area contributed by atoms with Gasteiger partial charge in [-0.15, -0.1) is 0 Å². The minimum absolute atomic E-state index is 0.153. The van der Waals surface area contributed by atoms with Crippen LogP contribution in [-0.2, 0) is 4.74 Å². The Morgan fingerprint density at radius 3 is 3.00 bits per heavy atom. The Kier molecular flexibility index (Phi) is 3.45. The molecule has 2 aliphatic rings. The van der Waals surface area contributed by atoms with Gasteiger partial charge in [-0.3, -0.25) is 9.59 Å². The molecule has 2 atom stereocenters. The van der Waals surface area contributed by atoms with Crippen LogP contribution in [0.5, 0.6) is 0 Å². The van der Waals surface area contributed by atoms with Crippen LogP contribution in [0.25, 0.3) is 10.9 Å². The monoisotopic (exact) mass is 312 g/mol. The van der Waals surface area contributed by atoms with Gasteiger partial charge < -0.3 is 14.6 Å². The number of H-pyrrole nitrogens is 1. The van der Waals surface area contributed by atoms with E-state index in [-0.39, 0.29) is 23.1 Å². The van der Waals surface area contributed by atoms with E-state index in [1.807, 2.05) is 36.1 Å². The summed E-state index contributed by atoms with van der Waals surface area (Å²) >= 11 is 0. The second-order valence-corrected chi connectivity index (χ2v) is 6.50. The van der Waals surface area contributed by atoms with Crippen molar-refractivity contribution in [3.63, 3.8) is 0 Å². The SMILES string of the molecule is Cc1c(C(=O)N2CC[C@H]3OCC[C@H]3C2)c(=O)[nH]c2ccccc12. The normalized spacial score (nSPS) is 24.0. The quantitative estimate of drug-likeness (QED) is 0.877. The number of fused-ring (bicyclic) bond motifs is 2. The number of aryl methyl sites for hydroxylation is 1. The van der Waals surface area contributed by atoms with E-state index in [2.05, 4.69) is 4.98 Å². The number of nitrogens with one attached hydrogen (secondary N) is 1. The van der Waals surface area contributed by atoms with Gasteiger partial charge in [-0.2, -0.15) is 0 Å². The Labute approximate surface area is 134 Å². The average molecular weight is 312 g/mol. The van der Waals surface area contributed by atoms with Crippen LogP contribution in [0, 0.1) is 12.8 Å². The first-order chi connectivity index (χ1) is 11.1. The molecule has 2 aromatic rings. The maximum Gasteiger partial charge on any atom is 0.261 e. The number of amides is 1. The summed E-state index contributed by atoms with van der Waals surface area (Å²) in [4.78, 5) is 30.0. The fraction of sp³-hybridized carbons (Fsp3) is 0.444. The fourth-order valence-electron chi connectivity index (χ4n) is 3.89. The van der Waals surface area contributed by atoms with Crippen LogP contribution in [-0.4, -0.2) is 41.6 Å². The molecule has 0 spiro atoms. The van der Waals surface area contributed by atoms with Crippen molar-refractivity contribution < 1.29 is 9.53 Å². The lowest BCUT2D eigenvalue weighted by atomic mass is 9.93. The number of hydrogen-bond donors (Lipinski definition) is 1. The zero-order chi connectivity index (χ0) is 16.0. The predicted molar refractivity (Wildman–Crippen MR) is 87.7 cm³/mol. The van der Waals surface area contributed by atoms with Crippen LogP contribution in [0.1, 0.15) is 28.8 Å². The van der Waals surface area contributed by atoms with Gasteiger partial charge >= 0.3 is 0 Å². The van der Waals surface area contributed by atoms with Crippen molar-refractivity contribution in [2.75, 3.05) is 19.7 Å². The summed E-state index contributed by atoms with van der Waals surface area (Å²) in [7, 11) is 0. The number of nitrogens with zero attached hydrogens (tertiary/aromatic N) is 1. The number of pyridine rings is 1. The molecule has 2 aliphatic heterocycles. The van der Waals surface area contributed by atoms with E-state index < -0.39 is 0 Å². The highest BCUT2D eigenvalue weighted by molar-refractivity contribution is 5.99. The van der Waals surface area contributed by atoms with E-state index in [9.17, 15) is 9.59 Å². The lowest BCUT2D eigenvalue weighted by Crippen LogP contribution is -2.46. The van der Waals surface area contributed by atoms with Gasteiger partial charge in [0.15, 0.2) is 0 Å². The number of para-hydroxylation sites is 1. The van der Waals surface area contributed by atoms with E-state index >= 15 is 0 Å². The molecule has 1 amide bonds. The highest BCUT2D eigenvalue weighted by Crippen LogP contribution is 2.29. The molecule has 5 heteroatoms. The van der Waals surface area contributed by atoms with Crippen molar-refractivity contribution in [3.8, 4) is 0 Å². The van der Waals surface area contributed by atoms with Gasteiger partial charge in [-0.05, 0) is 31.4 Å². The number of likely N-dealkylation sites (tertiary alicyclic amines) is 1. The number of aromatic amines is 1. The molecule has 0 bridgehead atoms. The van der Waals surface area contributed by atoms with Crippen LogP contribution in [0.4, 0.5) is 0 Å². The van der Waals surface area contributed by atoms with Crippen molar-refractivity contribution in [3.05, 3.63) is 45.7 Å². The predicted octanol–water partition coefficient (Wildman–Crippen LogP) is 2.09. The Morgan fingerprint density at radius 2 is 2.13 bits per heavy atom. The molecule has 0 radical (unpaired) electrons. The van der Waals surface area contributed by atoms with Crippen molar-refractivity contribution in [2.24, 2.45) is 5.92 Å². The number of ether oxygens (including phenoxy) is 1. The molecule has 23 heavy (non-hydrogen) atoms. The molecule has 0 aliphatic carbocycles. The highest BCUT2D eigenvalue weighted by Gasteiger charge is 2.36. The maximum atomic E-state index is 12.9. The van der Waals surface area contributed by atoms with Gasteiger partial charge in [-0.25, -0.2) is 0 Å². The number of rotatable bonds is 1. The molecule has 120 valence electrons. The van der Waals surface area contributed by atoms with Crippen molar-refractivity contribution in [2.45, 2.75) is 25.9 Å². The van der Waals surface area contributed by atoms with Crippen LogP contribution in [0.15, 0.2) is 29.1 Å². The molecule has 1 aromatic carbocycles. The van der Waals surface area contributed by atoms with E-state index in [4.69, 9.17) is 4.74 Å². The molecule has 2 fully saturated rings. The number of hydrogen-bond acceptors (Lipinski definition) is 3. The second-order valence-electron chi connectivity index (χ2n) is 6.50. The first-order valence-electron chi connectivity index (χ1n) is 8.17. The van der Waals surface area contributed by atoms with E-state index in [0.717, 1.165) is 35.9 Å². The topological polar surface area (TPSA) is 62.4 Å². The summed E-state index contributed by atoms with van der Waals surface area (Å²) in [6.45, 7) is 3.99. The first-order valence-corrected chi connectivity index (χ1v) is 8.17. The largest absolute Gasteiger partial charge is 0.378 e. The van der Waals surface area contributed by atoms with Gasteiger partial charge in [0.1, 0.15) is 5.56 Å². The number of carbonyl (C=O) groups is 1. The highest BCUT2D eigenvalue weighted by atomic mass is 16.5. The molecule has 3 heterocycles. The third-order valence-corrected chi connectivity index (χ3v) is 5.17. The number of aromatic nitrogens is 1. The molecule has 0 unspecified atom stereocenters. The zero-order valence-electron chi connectivity index (χ0n) is 13.2. The van der Waals surface area contributed by atoms with Crippen LogP contribution in [0.3, 0.4) is 0 Å². The minimum Gasteiger partial charge on any atom is -0.378 e. The zero-order valence-corrected chi connectivity index (χ0v) is 13.2. The number of carbonyl (C=O) groups excluding carboxylic acids is 1. The standard InChI is InChI=1S/C18H20N2O3/c1-11-13-4-2-3-5-14(13)19-17(21)16(11)18(22)20-8-6-15-12(10-20)7-9-23-15/h2-5,12,15H,6-10H2,1H3,(H,19,21)/t12-,15+/m0/s1. The van der Waals surface area contributed by atoms with Crippen LogP contribution in [0.2, 0.25) is 0 Å². The van der Waals surface area contributed by atoms with Crippen molar-refractivity contribution in [1.29, 1.82) is 0 Å². The summed E-state index contributed by atoms with van der Waals surface area (Å²) in [6.07, 6.45) is 2.15. The van der Waals surface area contributed by atoms with Gasteiger partial charge in [0, 0.05) is 36.5 Å².